The van der Waals surface area contributed by atoms with E-state index in [0.29, 0.717) is 18.9 Å². The lowest BCUT2D eigenvalue weighted by Gasteiger charge is -2.25. The Balaban J connectivity index is 1.36. The first kappa shape index (κ1) is 24.1. The van der Waals surface area contributed by atoms with Gasteiger partial charge in [-0.15, -0.1) is 0 Å². The van der Waals surface area contributed by atoms with E-state index in [1.54, 1.807) is 18.2 Å². The van der Waals surface area contributed by atoms with Gasteiger partial charge in [0.15, 0.2) is 0 Å². The predicted octanol–water partition coefficient (Wildman–Crippen LogP) is 4.98. The smallest absolute Gasteiger partial charge is 0.331 e. The van der Waals surface area contributed by atoms with Crippen molar-refractivity contribution in [3.63, 3.8) is 0 Å². The molecule has 8 nitrogen and oxygen atoms in total. The minimum Gasteiger partial charge on any atom is -0.493 e. The number of benzene rings is 2. The number of hydrogen-bond acceptors (Lipinski definition) is 5. The van der Waals surface area contributed by atoms with Crippen molar-refractivity contribution < 1.29 is 23.5 Å². The fourth-order valence-corrected chi connectivity index (χ4v) is 4.50. The maximum Gasteiger partial charge on any atom is 0.331 e. The average molecular weight is 498 g/mol. The number of hydrogen-bond donors (Lipinski definition) is 1. The van der Waals surface area contributed by atoms with Crippen LogP contribution in [-0.4, -0.2) is 33.9 Å². The molecular formula is C29H27N3O5. The first-order chi connectivity index (χ1) is 17.9. The molecule has 5 rings (SSSR count). The molecule has 188 valence electrons. The zero-order chi connectivity index (χ0) is 25.9. The molecule has 2 aromatic carbocycles. The zero-order valence-electron chi connectivity index (χ0n) is 20.7. The Kier molecular flexibility index (Phi) is 6.64. The number of carbonyl (C=O) groups excluding carboxylic acids is 3. The van der Waals surface area contributed by atoms with Gasteiger partial charge in [-0.25, -0.2) is 4.79 Å². The van der Waals surface area contributed by atoms with Gasteiger partial charge < -0.3 is 13.7 Å². The molecular weight excluding hydrogens is 470 g/mol. The number of fused-ring (bicyclic) bond motifs is 1. The number of carbonyl (C=O) groups is 3. The Labute approximate surface area is 214 Å². The number of para-hydroxylation sites is 1. The standard InChI is InChI=1S/C29H27N3O5/c1-19-10-11-26(20(2)15-19)37-14-6-12-31-17-21(23-8-3-4-9-25(23)31)16-24-27(33)30-29(35)32(28(24)34)18-22-7-5-13-36-22/h3-5,7-11,13,15-17H,6,12,14,18H2,1-2H3,(H,30,33,35)/b24-16-. The lowest BCUT2D eigenvalue weighted by atomic mass is 10.1. The van der Waals surface area contributed by atoms with E-state index < -0.39 is 17.8 Å². The van der Waals surface area contributed by atoms with Crippen molar-refractivity contribution in [2.75, 3.05) is 6.61 Å². The Morgan fingerprint density at radius 1 is 1.03 bits per heavy atom. The van der Waals surface area contributed by atoms with E-state index in [0.717, 1.165) is 39.1 Å². The van der Waals surface area contributed by atoms with Gasteiger partial charge in [-0.2, -0.15) is 0 Å². The van der Waals surface area contributed by atoms with Crippen molar-refractivity contribution in [1.82, 2.24) is 14.8 Å². The van der Waals surface area contributed by atoms with Gasteiger partial charge in [-0.3, -0.25) is 19.8 Å². The quantitative estimate of drug-likeness (QED) is 0.210. The molecule has 1 aliphatic heterocycles. The lowest BCUT2D eigenvalue weighted by molar-refractivity contribution is -0.130. The van der Waals surface area contributed by atoms with Crippen LogP contribution in [0, 0.1) is 13.8 Å². The molecule has 3 heterocycles. The van der Waals surface area contributed by atoms with Crippen LogP contribution in [0.3, 0.4) is 0 Å². The van der Waals surface area contributed by atoms with E-state index in [9.17, 15) is 14.4 Å². The molecule has 1 fully saturated rings. The van der Waals surface area contributed by atoms with Gasteiger partial charge in [0.1, 0.15) is 17.1 Å². The Morgan fingerprint density at radius 2 is 1.86 bits per heavy atom. The van der Waals surface area contributed by atoms with E-state index in [-0.39, 0.29) is 12.1 Å². The Bertz CT molecular complexity index is 1510. The number of aromatic nitrogens is 1. The molecule has 8 heteroatoms. The molecule has 0 unspecified atom stereocenters. The van der Waals surface area contributed by atoms with Crippen LogP contribution in [0.5, 0.6) is 5.75 Å². The van der Waals surface area contributed by atoms with E-state index in [2.05, 4.69) is 22.9 Å². The molecule has 4 aromatic rings. The average Bonchev–Trinajstić information content (AvgIpc) is 3.51. The van der Waals surface area contributed by atoms with Crippen molar-refractivity contribution in [3.8, 4) is 5.75 Å². The summed E-state index contributed by atoms with van der Waals surface area (Å²) in [4.78, 5) is 39.0. The number of amides is 4. The van der Waals surface area contributed by atoms with Gasteiger partial charge in [0, 0.05) is 29.2 Å². The molecule has 2 aromatic heterocycles. The number of rotatable bonds is 8. The minimum absolute atomic E-state index is 0.0650. The van der Waals surface area contributed by atoms with Crippen molar-refractivity contribution in [2.45, 2.75) is 33.4 Å². The van der Waals surface area contributed by atoms with Crippen LogP contribution in [-0.2, 0) is 22.7 Å². The van der Waals surface area contributed by atoms with Gasteiger partial charge >= 0.3 is 6.03 Å². The molecule has 1 saturated heterocycles. The highest BCUT2D eigenvalue weighted by molar-refractivity contribution is 6.31. The lowest BCUT2D eigenvalue weighted by Crippen LogP contribution is -2.53. The minimum atomic E-state index is -0.769. The van der Waals surface area contributed by atoms with Gasteiger partial charge in [0.05, 0.1) is 19.4 Å². The highest BCUT2D eigenvalue weighted by Crippen LogP contribution is 2.26. The third-order valence-electron chi connectivity index (χ3n) is 6.33. The van der Waals surface area contributed by atoms with Crippen molar-refractivity contribution in [3.05, 3.63) is 95.1 Å². The molecule has 0 atom stereocenters. The molecule has 0 bridgehead atoms. The number of furan rings is 1. The van der Waals surface area contributed by atoms with Crippen LogP contribution in [0.1, 0.15) is 28.9 Å². The van der Waals surface area contributed by atoms with E-state index in [1.807, 2.05) is 49.5 Å². The normalized spacial score (nSPS) is 15.0. The number of aryl methyl sites for hydroxylation is 3. The van der Waals surface area contributed by atoms with E-state index in [1.165, 1.54) is 11.8 Å². The number of nitrogens with one attached hydrogen (secondary N) is 1. The zero-order valence-corrected chi connectivity index (χ0v) is 20.7. The molecule has 1 N–H and O–H groups in total. The monoisotopic (exact) mass is 497 g/mol. The third-order valence-corrected chi connectivity index (χ3v) is 6.33. The summed E-state index contributed by atoms with van der Waals surface area (Å²) in [6.07, 6.45) is 5.70. The molecule has 0 aliphatic carbocycles. The Hall–Kier alpha value is -4.59. The summed E-state index contributed by atoms with van der Waals surface area (Å²) in [6, 6.07) is 16.5. The first-order valence-corrected chi connectivity index (χ1v) is 12.1. The molecule has 0 saturated carbocycles. The topological polar surface area (TPSA) is 93.8 Å². The predicted molar refractivity (Wildman–Crippen MR) is 139 cm³/mol. The summed E-state index contributed by atoms with van der Waals surface area (Å²) < 4.78 is 13.3. The van der Waals surface area contributed by atoms with Gasteiger partial charge in [-0.1, -0.05) is 35.9 Å². The van der Waals surface area contributed by atoms with Crippen LogP contribution < -0.4 is 10.1 Å². The van der Waals surface area contributed by atoms with Crippen LogP contribution in [0.4, 0.5) is 4.79 Å². The summed E-state index contributed by atoms with van der Waals surface area (Å²) in [6.45, 7) is 5.27. The number of barbiturate groups is 1. The maximum atomic E-state index is 13.1. The second kappa shape index (κ2) is 10.2. The SMILES string of the molecule is Cc1ccc(OCCCn2cc(/C=C3/C(=O)NC(=O)N(Cc4ccco4)C3=O)c3ccccc32)c(C)c1. The van der Waals surface area contributed by atoms with Crippen LogP contribution >= 0.6 is 0 Å². The molecule has 4 amide bonds. The number of ether oxygens (including phenoxy) is 1. The second-order valence-corrected chi connectivity index (χ2v) is 9.05. The van der Waals surface area contributed by atoms with Crippen molar-refractivity contribution in [2.24, 2.45) is 0 Å². The van der Waals surface area contributed by atoms with Gasteiger partial charge in [-0.05, 0) is 56.2 Å². The van der Waals surface area contributed by atoms with Gasteiger partial charge in [0.25, 0.3) is 11.8 Å². The highest BCUT2D eigenvalue weighted by atomic mass is 16.5. The molecule has 0 radical (unpaired) electrons. The molecule has 1 aliphatic rings. The van der Waals surface area contributed by atoms with Crippen LogP contribution in [0.25, 0.3) is 17.0 Å². The summed E-state index contributed by atoms with van der Waals surface area (Å²) >= 11 is 0. The van der Waals surface area contributed by atoms with Crippen molar-refractivity contribution in [1.29, 1.82) is 0 Å². The number of nitrogens with zero attached hydrogens (tertiary/aromatic N) is 2. The first-order valence-electron chi connectivity index (χ1n) is 12.1. The van der Waals surface area contributed by atoms with Crippen LogP contribution in [0.15, 0.2) is 77.0 Å². The molecule has 0 spiro atoms. The Morgan fingerprint density at radius 3 is 2.65 bits per heavy atom. The number of imide groups is 2. The summed E-state index contributed by atoms with van der Waals surface area (Å²) in [5.74, 6) is -0.0612. The van der Waals surface area contributed by atoms with Crippen molar-refractivity contribution >= 4 is 34.8 Å². The third kappa shape index (κ3) is 5.04. The fourth-order valence-electron chi connectivity index (χ4n) is 4.50. The van der Waals surface area contributed by atoms with E-state index in [4.69, 9.17) is 9.15 Å². The second-order valence-electron chi connectivity index (χ2n) is 9.05. The summed E-state index contributed by atoms with van der Waals surface area (Å²) in [5, 5.41) is 3.16. The van der Waals surface area contributed by atoms with Gasteiger partial charge in [0.2, 0.25) is 0 Å². The number of urea groups is 1. The highest BCUT2D eigenvalue weighted by Gasteiger charge is 2.36. The largest absolute Gasteiger partial charge is 0.493 e. The summed E-state index contributed by atoms with van der Waals surface area (Å²) in [7, 11) is 0. The summed E-state index contributed by atoms with van der Waals surface area (Å²) in [5.41, 5.74) is 3.90. The fraction of sp³-hybridized carbons (Fsp3) is 0.207. The molecule has 37 heavy (non-hydrogen) atoms. The maximum absolute atomic E-state index is 13.1. The van der Waals surface area contributed by atoms with E-state index >= 15 is 0 Å². The van der Waals surface area contributed by atoms with Crippen LogP contribution in [0.2, 0.25) is 0 Å².